The predicted molar refractivity (Wildman–Crippen MR) is 372 cm³/mol. The summed E-state index contributed by atoms with van der Waals surface area (Å²) in [5, 5.41) is 9.13. The fourth-order valence-electron chi connectivity index (χ4n) is 14.0. The van der Waals surface area contributed by atoms with Crippen LogP contribution >= 0.6 is 0 Å². The average molecular weight is 1140 g/mol. The Bertz CT molecular complexity index is 5370. The standard InChI is InChI=1S/C84H53N3O2/c1-5-22-54(23-6-1)59-44-60(55-24-7-2-8-25-55)47-64(46-59)85(78-38-20-35-73-69-31-14-17-40-80(69)88-83(73)78)66-50-63(58-42-43-77-75(52-58)72-34-19-33-71-68-30-13-16-37-76(68)87(77)82(71)72)51-67(53-66)86(79-39-21-36-74-70-32-15-18-41-81(70)89-84(74)79)65-48-61(56-26-9-3-10-27-56)45-62(49-65)57-28-11-4-12-29-57/h1-53H. The van der Waals surface area contributed by atoms with E-state index < -0.39 is 0 Å². The molecule has 0 saturated carbocycles. The number of benzene rings is 14. The summed E-state index contributed by atoms with van der Waals surface area (Å²) in [4.78, 5) is 4.86. The van der Waals surface area contributed by atoms with E-state index in [0.29, 0.717) is 0 Å². The summed E-state index contributed by atoms with van der Waals surface area (Å²) in [6.07, 6.45) is 0. The van der Waals surface area contributed by atoms with Crippen LogP contribution < -0.4 is 9.80 Å². The second-order valence-corrected chi connectivity index (χ2v) is 23.2. The van der Waals surface area contributed by atoms with Crippen molar-refractivity contribution in [1.29, 1.82) is 0 Å². The highest BCUT2D eigenvalue weighted by Gasteiger charge is 2.27. The molecule has 0 saturated heterocycles. The minimum absolute atomic E-state index is 0.791. The fourth-order valence-corrected chi connectivity index (χ4v) is 14.0. The van der Waals surface area contributed by atoms with Crippen molar-refractivity contribution in [2.75, 3.05) is 9.80 Å². The summed E-state index contributed by atoms with van der Waals surface area (Å²) in [5.74, 6) is 0. The van der Waals surface area contributed by atoms with Gasteiger partial charge in [-0.2, -0.15) is 0 Å². The van der Waals surface area contributed by atoms with E-state index in [4.69, 9.17) is 8.83 Å². The second-order valence-electron chi connectivity index (χ2n) is 23.2. The van der Waals surface area contributed by atoms with Gasteiger partial charge < -0.3 is 23.0 Å². The van der Waals surface area contributed by atoms with E-state index in [0.717, 1.165) is 134 Å². The van der Waals surface area contributed by atoms with Crippen LogP contribution in [-0.2, 0) is 0 Å². The van der Waals surface area contributed by atoms with Gasteiger partial charge in [-0.3, -0.25) is 0 Å². The lowest BCUT2D eigenvalue weighted by atomic mass is 9.96. The third-order valence-electron chi connectivity index (χ3n) is 18.0. The Balaban J connectivity index is 0.975. The van der Waals surface area contributed by atoms with Gasteiger partial charge in [0.15, 0.2) is 11.2 Å². The first kappa shape index (κ1) is 50.4. The Hall–Kier alpha value is -11.9. The molecule has 0 aliphatic rings. The van der Waals surface area contributed by atoms with E-state index in [9.17, 15) is 0 Å². The van der Waals surface area contributed by atoms with E-state index >= 15 is 0 Å². The minimum atomic E-state index is 0.791. The highest BCUT2D eigenvalue weighted by Crippen LogP contribution is 2.51. The Morgan fingerprint density at radius 2 is 0.562 bits per heavy atom. The molecule has 5 nitrogen and oxygen atoms in total. The molecule has 0 unspecified atom stereocenters. The summed E-state index contributed by atoms with van der Waals surface area (Å²) in [6, 6.07) is 117. The average Bonchev–Trinajstić information content (AvgIpc) is 1.59. The summed E-state index contributed by atoms with van der Waals surface area (Å²) in [5.41, 5.74) is 23.4. The fraction of sp³-hybridized carbons (Fsp3) is 0. The van der Waals surface area contributed by atoms with E-state index in [1.165, 1.54) is 38.1 Å². The van der Waals surface area contributed by atoms with E-state index in [2.05, 4.69) is 336 Å². The first-order valence-electron chi connectivity index (χ1n) is 30.4. The van der Waals surface area contributed by atoms with Gasteiger partial charge in [0.05, 0.1) is 27.9 Å². The van der Waals surface area contributed by atoms with E-state index in [1.54, 1.807) is 0 Å². The molecule has 0 radical (unpaired) electrons. The molecule has 0 aliphatic heterocycles. The molecule has 0 amide bonds. The maximum absolute atomic E-state index is 7.12. The van der Waals surface area contributed by atoms with Crippen LogP contribution in [0.2, 0.25) is 0 Å². The zero-order chi connectivity index (χ0) is 58.5. The van der Waals surface area contributed by atoms with Crippen LogP contribution in [0.25, 0.3) is 138 Å². The Morgan fingerprint density at radius 1 is 0.213 bits per heavy atom. The molecule has 0 N–H and O–H groups in total. The predicted octanol–water partition coefficient (Wildman–Crippen LogP) is 23.9. The zero-order valence-corrected chi connectivity index (χ0v) is 48.3. The lowest BCUT2D eigenvalue weighted by Gasteiger charge is -2.31. The number of aromatic nitrogens is 1. The van der Waals surface area contributed by atoms with E-state index in [1.807, 2.05) is 0 Å². The summed E-state index contributed by atoms with van der Waals surface area (Å²) < 4.78 is 16.7. The van der Waals surface area contributed by atoms with Crippen molar-refractivity contribution in [1.82, 2.24) is 4.40 Å². The molecule has 0 atom stereocenters. The van der Waals surface area contributed by atoms with Crippen molar-refractivity contribution in [3.8, 4) is 55.6 Å². The number of nitrogens with zero attached hydrogens (tertiary/aromatic N) is 3. The summed E-state index contributed by atoms with van der Waals surface area (Å²) >= 11 is 0. The van der Waals surface area contributed by atoms with Crippen molar-refractivity contribution >= 4 is 116 Å². The molecule has 5 heteroatoms. The van der Waals surface area contributed by atoms with Crippen LogP contribution in [0.15, 0.2) is 330 Å². The van der Waals surface area contributed by atoms with Crippen LogP contribution in [0, 0.1) is 0 Å². The number of fused-ring (bicyclic) bond motifs is 12. The number of para-hydroxylation sites is 6. The molecule has 0 bridgehead atoms. The van der Waals surface area contributed by atoms with Gasteiger partial charge in [-0.05, 0) is 153 Å². The molecular weight excluding hydrogens is 1080 g/mol. The van der Waals surface area contributed by atoms with Gasteiger partial charge in [-0.25, -0.2) is 0 Å². The van der Waals surface area contributed by atoms with Crippen molar-refractivity contribution < 1.29 is 8.83 Å². The Kier molecular flexibility index (Phi) is 11.5. The van der Waals surface area contributed by atoms with Gasteiger partial charge in [-0.1, -0.05) is 224 Å². The second kappa shape index (κ2) is 20.4. The monoisotopic (exact) mass is 1140 g/mol. The summed E-state index contributed by atoms with van der Waals surface area (Å²) in [6.45, 7) is 0. The molecule has 0 spiro atoms. The quantitative estimate of drug-likeness (QED) is 0.129. The maximum Gasteiger partial charge on any atom is 0.159 e. The lowest BCUT2D eigenvalue weighted by molar-refractivity contribution is 0.669. The maximum atomic E-state index is 7.12. The Labute approximate surface area is 513 Å². The van der Waals surface area contributed by atoms with Crippen LogP contribution in [-0.4, -0.2) is 4.40 Å². The molecule has 0 aliphatic carbocycles. The number of hydrogen-bond donors (Lipinski definition) is 0. The molecule has 4 aromatic heterocycles. The number of anilines is 6. The van der Waals surface area contributed by atoms with Crippen molar-refractivity contribution in [2.24, 2.45) is 0 Å². The third-order valence-corrected chi connectivity index (χ3v) is 18.0. The van der Waals surface area contributed by atoms with Gasteiger partial charge in [0.25, 0.3) is 0 Å². The van der Waals surface area contributed by atoms with Crippen LogP contribution in [0.1, 0.15) is 0 Å². The van der Waals surface area contributed by atoms with E-state index in [-0.39, 0.29) is 0 Å². The van der Waals surface area contributed by atoms with Crippen LogP contribution in [0.3, 0.4) is 0 Å². The topological polar surface area (TPSA) is 37.2 Å². The van der Waals surface area contributed by atoms with Gasteiger partial charge in [0.2, 0.25) is 0 Å². The molecule has 18 aromatic rings. The summed E-state index contributed by atoms with van der Waals surface area (Å²) in [7, 11) is 0. The third kappa shape index (κ3) is 8.32. The Morgan fingerprint density at radius 3 is 1.03 bits per heavy atom. The van der Waals surface area contributed by atoms with Crippen molar-refractivity contribution in [3.63, 3.8) is 0 Å². The normalized spacial score (nSPS) is 11.8. The molecule has 416 valence electrons. The van der Waals surface area contributed by atoms with Gasteiger partial charge in [0, 0.05) is 65.8 Å². The lowest BCUT2D eigenvalue weighted by Crippen LogP contribution is -2.14. The molecular formula is C84H53N3O2. The SMILES string of the molecule is c1ccc(-c2cc(-c3ccccc3)cc(N(c3cc(-c4ccc5c(c4)c4cccc6c7ccccc7n5c64)cc(N(c4cc(-c5ccccc5)cc(-c5ccccc5)c4)c4cccc5c4oc4ccccc45)c3)c3cccc4c3oc3ccccc34)c2)cc1. The minimum Gasteiger partial charge on any atom is -0.454 e. The van der Waals surface area contributed by atoms with Gasteiger partial charge in [-0.15, -0.1) is 0 Å². The molecule has 4 heterocycles. The van der Waals surface area contributed by atoms with Crippen molar-refractivity contribution in [3.05, 3.63) is 322 Å². The number of rotatable bonds is 11. The van der Waals surface area contributed by atoms with Gasteiger partial charge >= 0.3 is 0 Å². The van der Waals surface area contributed by atoms with Crippen molar-refractivity contribution in [2.45, 2.75) is 0 Å². The highest BCUT2D eigenvalue weighted by molar-refractivity contribution is 6.24. The zero-order valence-electron chi connectivity index (χ0n) is 48.3. The smallest absolute Gasteiger partial charge is 0.159 e. The highest BCUT2D eigenvalue weighted by atomic mass is 16.3. The number of furan rings is 2. The van der Waals surface area contributed by atoms with Crippen LogP contribution in [0.4, 0.5) is 34.1 Å². The first-order valence-corrected chi connectivity index (χ1v) is 30.4. The largest absolute Gasteiger partial charge is 0.454 e. The molecule has 14 aromatic carbocycles. The first-order chi connectivity index (χ1) is 44.1. The molecule has 0 fully saturated rings. The number of hydrogen-bond acceptors (Lipinski definition) is 4. The molecule has 18 rings (SSSR count). The van der Waals surface area contributed by atoms with Crippen LogP contribution in [0.5, 0.6) is 0 Å². The molecule has 89 heavy (non-hydrogen) atoms. The van der Waals surface area contributed by atoms with Gasteiger partial charge in [0.1, 0.15) is 11.2 Å².